The lowest BCUT2D eigenvalue weighted by Crippen LogP contribution is -2.23. The average molecular weight is 527 g/mol. The predicted molar refractivity (Wildman–Crippen MR) is 140 cm³/mol. The number of carbonyl (C=O) groups excluding carboxylic acids is 2. The van der Waals surface area contributed by atoms with Crippen LogP contribution in [0.5, 0.6) is 0 Å². The molecular formula is C24H26N6O6S. The van der Waals surface area contributed by atoms with E-state index in [9.17, 15) is 14.4 Å². The number of hydrogen-bond acceptors (Lipinski definition) is 6. The van der Waals surface area contributed by atoms with Crippen LogP contribution in [0.4, 0.5) is 20.4 Å². The molecule has 3 aromatic rings. The minimum Gasteiger partial charge on any atom is -0.465 e. The molecule has 0 saturated heterocycles. The first kappa shape index (κ1) is 28.5. The van der Waals surface area contributed by atoms with Gasteiger partial charge >= 0.3 is 12.2 Å². The summed E-state index contributed by atoms with van der Waals surface area (Å²) in [4.78, 5) is 51.6. The number of aryl methyl sites for hydroxylation is 2. The number of aromatic nitrogens is 1. The lowest BCUT2D eigenvalue weighted by molar-refractivity contribution is -0.114. The molecule has 0 fully saturated rings. The highest BCUT2D eigenvalue weighted by Gasteiger charge is 2.18. The third kappa shape index (κ3) is 11.0. The smallest absolute Gasteiger partial charge is 0.432 e. The number of nitrogens with two attached hydrogens (primary N) is 1. The maximum atomic E-state index is 12.8. The molecule has 0 unspecified atom stereocenters. The quantitative estimate of drug-likeness (QED) is 0.180. The van der Waals surface area contributed by atoms with Gasteiger partial charge in [0.15, 0.2) is 5.13 Å². The van der Waals surface area contributed by atoms with Crippen LogP contribution in [0.25, 0.3) is 0 Å². The Morgan fingerprint density at radius 2 is 1.65 bits per heavy atom. The fourth-order valence-corrected chi connectivity index (χ4v) is 3.93. The molecule has 0 spiro atoms. The van der Waals surface area contributed by atoms with Gasteiger partial charge in [0.2, 0.25) is 5.91 Å². The SMILES string of the molecule is CC(=O)Nc1nc(CCc2ccc(NC=NC(=O)O)cc2)c(C(=O)NCc2ccccc2)s1.NC(=O)O. The van der Waals surface area contributed by atoms with Crippen LogP contribution in [0.1, 0.15) is 33.4 Å². The van der Waals surface area contributed by atoms with E-state index in [4.69, 9.17) is 15.0 Å². The zero-order valence-corrected chi connectivity index (χ0v) is 20.6. The van der Waals surface area contributed by atoms with E-state index >= 15 is 0 Å². The number of hydrogen-bond donors (Lipinski definition) is 6. The summed E-state index contributed by atoms with van der Waals surface area (Å²) in [6.45, 7) is 1.79. The molecule has 12 nitrogen and oxygen atoms in total. The molecule has 4 amide bonds. The monoisotopic (exact) mass is 526 g/mol. The van der Waals surface area contributed by atoms with Crippen LogP contribution >= 0.6 is 11.3 Å². The number of nitrogens with zero attached hydrogens (tertiary/aromatic N) is 2. The van der Waals surface area contributed by atoms with Crippen LogP contribution < -0.4 is 21.7 Å². The summed E-state index contributed by atoms with van der Waals surface area (Å²) < 4.78 is 0. The first-order valence-electron chi connectivity index (χ1n) is 10.8. The molecule has 2 aromatic carbocycles. The van der Waals surface area contributed by atoms with Gasteiger partial charge in [-0.3, -0.25) is 9.59 Å². The fourth-order valence-electron chi connectivity index (χ4n) is 2.95. The van der Waals surface area contributed by atoms with E-state index in [-0.39, 0.29) is 11.8 Å². The van der Waals surface area contributed by atoms with Crippen LogP contribution in [0, 0.1) is 0 Å². The molecule has 1 heterocycles. The van der Waals surface area contributed by atoms with Crippen LogP contribution in [0.3, 0.4) is 0 Å². The Kier molecular flexibility index (Phi) is 11.2. The summed E-state index contributed by atoms with van der Waals surface area (Å²) in [7, 11) is 0. The van der Waals surface area contributed by atoms with Gasteiger partial charge in [0.05, 0.1) is 12.0 Å². The molecule has 1 aromatic heterocycles. The largest absolute Gasteiger partial charge is 0.465 e. The maximum Gasteiger partial charge on any atom is 0.432 e. The number of primary amides is 1. The van der Waals surface area contributed by atoms with E-state index in [1.807, 2.05) is 42.5 Å². The molecule has 13 heteroatoms. The number of nitrogens with one attached hydrogen (secondary N) is 3. The van der Waals surface area contributed by atoms with Gasteiger partial charge in [0, 0.05) is 19.2 Å². The first-order chi connectivity index (χ1) is 17.6. The highest BCUT2D eigenvalue weighted by molar-refractivity contribution is 7.17. The highest BCUT2D eigenvalue weighted by Crippen LogP contribution is 2.25. The van der Waals surface area contributed by atoms with Gasteiger partial charge in [-0.25, -0.2) is 14.6 Å². The summed E-state index contributed by atoms with van der Waals surface area (Å²) in [5.41, 5.74) is 7.35. The molecule has 3 rings (SSSR count). The van der Waals surface area contributed by atoms with Crippen molar-refractivity contribution in [2.45, 2.75) is 26.3 Å². The van der Waals surface area contributed by atoms with E-state index in [1.54, 1.807) is 12.1 Å². The number of benzene rings is 2. The molecule has 0 bridgehead atoms. The predicted octanol–water partition coefficient (Wildman–Crippen LogP) is 3.56. The van der Waals surface area contributed by atoms with Crippen molar-refractivity contribution in [1.82, 2.24) is 10.3 Å². The minimum atomic E-state index is -1.33. The molecule has 0 atom stereocenters. The lowest BCUT2D eigenvalue weighted by atomic mass is 10.1. The fraction of sp³-hybridized carbons (Fsp3) is 0.167. The van der Waals surface area contributed by atoms with Crippen LogP contribution in [-0.2, 0) is 24.2 Å². The second-order valence-electron chi connectivity index (χ2n) is 7.36. The van der Waals surface area contributed by atoms with Crippen molar-refractivity contribution >= 4 is 52.5 Å². The molecule has 37 heavy (non-hydrogen) atoms. The number of thiazole rings is 1. The van der Waals surface area contributed by atoms with Gasteiger partial charge in [0.25, 0.3) is 5.91 Å². The summed E-state index contributed by atoms with van der Waals surface area (Å²) in [5.74, 6) is -0.485. The Morgan fingerprint density at radius 1 is 1.00 bits per heavy atom. The topological polar surface area (TPSA) is 196 Å². The number of carbonyl (C=O) groups is 4. The first-order valence-corrected chi connectivity index (χ1v) is 11.6. The van der Waals surface area contributed by atoms with Gasteiger partial charge in [0.1, 0.15) is 4.88 Å². The Hall–Kier alpha value is -4.78. The van der Waals surface area contributed by atoms with Crippen LogP contribution in [-0.4, -0.2) is 45.5 Å². The standard InChI is InChI=1S/C23H23N5O4S.CH3NO2/c1-15(29)27-22-28-19(20(33-22)21(30)24-13-17-5-3-2-4-6-17)12-9-16-7-10-18(11-8-16)25-14-26-23(31)32;2-1(3)4/h2-8,10-11,14H,9,12-13H2,1H3,(H,24,30)(H,25,26)(H,31,32)(H,27,28,29);2H2,(H,3,4). The molecule has 0 radical (unpaired) electrons. The van der Waals surface area contributed by atoms with Crippen molar-refractivity contribution < 1.29 is 29.4 Å². The van der Waals surface area contributed by atoms with Crippen molar-refractivity contribution in [3.05, 3.63) is 76.3 Å². The number of amides is 4. The van der Waals surface area contributed by atoms with Gasteiger partial charge in [-0.15, -0.1) is 0 Å². The molecule has 7 N–H and O–H groups in total. The maximum absolute atomic E-state index is 12.8. The van der Waals surface area contributed by atoms with Crippen molar-refractivity contribution in [3.63, 3.8) is 0 Å². The summed E-state index contributed by atoms with van der Waals surface area (Å²) in [5, 5.41) is 24.4. The number of anilines is 2. The van der Waals surface area contributed by atoms with Gasteiger partial charge in [-0.1, -0.05) is 53.8 Å². The van der Waals surface area contributed by atoms with Crippen molar-refractivity contribution in [1.29, 1.82) is 0 Å². The molecule has 0 aliphatic heterocycles. The molecular weight excluding hydrogens is 500 g/mol. The third-order valence-corrected chi connectivity index (χ3v) is 5.50. The van der Waals surface area contributed by atoms with E-state index in [1.165, 1.54) is 6.92 Å². The summed E-state index contributed by atoms with van der Waals surface area (Å²) in [6, 6.07) is 17.0. The third-order valence-electron chi connectivity index (χ3n) is 4.49. The van der Waals surface area contributed by atoms with E-state index in [0.29, 0.717) is 40.8 Å². The van der Waals surface area contributed by atoms with E-state index < -0.39 is 12.2 Å². The number of carboxylic acid groups (broad SMARTS) is 2. The van der Waals surface area contributed by atoms with Crippen LogP contribution in [0.15, 0.2) is 59.6 Å². The van der Waals surface area contributed by atoms with E-state index in [2.05, 4.69) is 31.7 Å². The second-order valence-corrected chi connectivity index (χ2v) is 8.36. The lowest BCUT2D eigenvalue weighted by Gasteiger charge is -2.06. The summed E-state index contributed by atoms with van der Waals surface area (Å²) >= 11 is 1.15. The van der Waals surface area contributed by atoms with Gasteiger partial charge in [-0.05, 0) is 36.1 Å². The summed E-state index contributed by atoms with van der Waals surface area (Å²) in [6.07, 6.45) is -0.357. The Bertz CT molecular complexity index is 1240. The van der Waals surface area contributed by atoms with Crippen LogP contribution in [0.2, 0.25) is 0 Å². The molecule has 0 aliphatic rings. The Balaban J connectivity index is 0.00000112. The second kappa shape index (κ2) is 14.6. The number of aliphatic imine (C=N–C) groups is 1. The van der Waals surface area contributed by atoms with Crippen molar-refractivity contribution in [2.24, 2.45) is 10.7 Å². The normalized spacial score (nSPS) is 10.2. The Labute approximate surface area is 216 Å². The minimum absolute atomic E-state index is 0.236. The molecule has 0 saturated carbocycles. The van der Waals surface area contributed by atoms with Gasteiger partial charge < -0.3 is 31.9 Å². The Morgan fingerprint density at radius 3 is 2.24 bits per heavy atom. The highest BCUT2D eigenvalue weighted by atomic mass is 32.1. The van der Waals surface area contributed by atoms with Crippen molar-refractivity contribution in [3.8, 4) is 0 Å². The average Bonchev–Trinajstić information content (AvgIpc) is 3.24. The van der Waals surface area contributed by atoms with Gasteiger partial charge in [-0.2, -0.15) is 4.99 Å². The molecule has 0 aliphatic carbocycles. The zero-order chi connectivity index (χ0) is 27.2. The zero-order valence-electron chi connectivity index (χ0n) is 19.8. The van der Waals surface area contributed by atoms with E-state index in [0.717, 1.165) is 28.8 Å². The number of rotatable bonds is 9. The van der Waals surface area contributed by atoms with Crippen molar-refractivity contribution in [2.75, 3.05) is 10.6 Å². The molecule has 194 valence electrons.